The van der Waals surface area contributed by atoms with E-state index in [1.54, 1.807) is 12.1 Å². The Hall–Kier alpha value is -5.20. The van der Waals surface area contributed by atoms with E-state index in [9.17, 15) is 10.1 Å². The second-order valence-corrected chi connectivity index (χ2v) is 9.59. The summed E-state index contributed by atoms with van der Waals surface area (Å²) in [7, 11) is 0. The van der Waals surface area contributed by atoms with Crippen LogP contribution in [0.15, 0.2) is 121 Å². The Balaban J connectivity index is 1.42. The second kappa shape index (κ2) is 11.5. The molecule has 0 heterocycles. The van der Waals surface area contributed by atoms with Crippen LogP contribution >= 0.6 is 0 Å². The van der Waals surface area contributed by atoms with Gasteiger partial charge in [-0.25, -0.2) is 0 Å². The lowest BCUT2D eigenvalue weighted by Crippen LogP contribution is -2.09. The van der Waals surface area contributed by atoms with Gasteiger partial charge in [-0.05, 0) is 78.6 Å². The molecule has 5 rings (SSSR count). The summed E-state index contributed by atoms with van der Waals surface area (Å²) in [4.78, 5) is 13.2. The topological polar surface area (TPSA) is 44.1 Å². The molecule has 3 nitrogen and oxygen atoms in total. The number of benzene rings is 5. The molecule has 0 atom stereocenters. The number of carbonyl (C=O) groups excluding carboxylic acids is 1. The number of carbonyl (C=O) groups is 1. The second-order valence-electron chi connectivity index (χ2n) is 9.59. The minimum Gasteiger partial charge on any atom is -0.311 e. The maximum Gasteiger partial charge on any atom is 0.150 e. The van der Waals surface area contributed by atoms with E-state index in [1.807, 2.05) is 54.6 Å². The van der Waals surface area contributed by atoms with Crippen LogP contribution in [0.1, 0.15) is 32.6 Å². The number of hydrogen-bond donors (Lipinski definition) is 0. The molecule has 0 amide bonds. The van der Waals surface area contributed by atoms with Crippen LogP contribution in [0.25, 0.3) is 22.8 Å². The van der Waals surface area contributed by atoms with E-state index in [1.165, 1.54) is 11.1 Å². The van der Waals surface area contributed by atoms with Crippen molar-refractivity contribution in [2.24, 2.45) is 0 Å². The van der Waals surface area contributed by atoms with Crippen LogP contribution in [-0.2, 0) is 0 Å². The van der Waals surface area contributed by atoms with Gasteiger partial charge >= 0.3 is 0 Å². The molecule has 0 fully saturated rings. The molecule has 5 aromatic carbocycles. The summed E-state index contributed by atoms with van der Waals surface area (Å²) in [6, 6.07) is 43.1. The van der Waals surface area contributed by atoms with Crippen molar-refractivity contribution >= 4 is 35.0 Å². The zero-order chi connectivity index (χ0) is 27.2. The largest absolute Gasteiger partial charge is 0.311 e. The Kier molecular flexibility index (Phi) is 7.48. The van der Waals surface area contributed by atoms with Gasteiger partial charge in [-0.3, -0.25) is 4.79 Å². The van der Waals surface area contributed by atoms with Gasteiger partial charge in [-0.15, -0.1) is 0 Å². The third-order valence-electron chi connectivity index (χ3n) is 6.74. The van der Waals surface area contributed by atoms with Gasteiger partial charge in [0.2, 0.25) is 0 Å². The summed E-state index contributed by atoms with van der Waals surface area (Å²) in [5.41, 5.74) is 10.8. The summed E-state index contributed by atoms with van der Waals surface area (Å²) in [6.45, 7) is 4.18. The molecule has 3 heteroatoms. The van der Waals surface area contributed by atoms with E-state index >= 15 is 0 Å². The standard InChI is InChI=1S/C36H28N2O/c1-26-3-17-34(18-4-26)38(35-19-5-27(2)6-20-35)36-21-9-28(10-22-36)23-33(24-37)32-15-13-31(14-16-32)30-11-7-29(25-39)8-12-30/h3-23,25H,1-2H3/b33-23+. The number of aldehydes is 1. The number of hydrogen-bond acceptors (Lipinski definition) is 3. The van der Waals surface area contributed by atoms with Crippen molar-refractivity contribution < 1.29 is 4.79 Å². The predicted octanol–water partition coefficient (Wildman–Crippen LogP) is 9.32. The van der Waals surface area contributed by atoms with Crippen molar-refractivity contribution in [2.75, 3.05) is 4.90 Å². The SMILES string of the molecule is Cc1ccc(N(c2ccc(C)cc2)c2ccc(/C=C(\C#N)c3ccc(-c4ccc(C=O)cc4)cc3)cc2)cc1. The average molecular weight is 505 g/mol. The number of nitriles is 1. The molecule has 0 N–H and O–H groups in total. The first-order chi connectivity index (χ1) is 19.0. The van der Waals surface area contributed by atoms with E-state index in [0.29, 0.717) is 11.1 Å². The Morgan fingerprint density at radius 1 is 0.590 bits per heavy atom. The molecule has 0 aliphatic carbocycles. The molecule has 0 aromatic heterocycles. The number of anilines is 3. The van der Waals surface area contributed by atoms with Crippen LogP contribution in [0.4, 0.5) is 17.1 Å². The molecule has 0 bridgehead atoms. The minimum atomic E-state index is 0.597. The van der Waals surface area contributed by atoms with Crippen molar-refractivity contribution in [1.82, 2.24) is 0 Å². The van der Waals surface area contributed by atoms with Gasteiger partial charge in [0.1, 0.15) is 6.29 Å². The smallest absolute Gasteiger partial charge is 0.150 e. The van der Waals surface area contributed by atoms with Crippen LogP contribution in [0.5, 0.6) is 0 Å². The first kappa shape index (κ1) is 25.4. The third kappa shape index (κ3) is 5.87. The highest BCUT2D eigenvalue weighted by Crippen LogP contribution is 2.35. The van der Waals surface area contributed by atoms with Gasteiger partial charge in [-0.1, -0.05) is 96.1 Å². The van der Waals surface area contributed by atoms with E-state index in [0.717, 1.165) is 45.6 Å². The molecular formula is C36H28N2O. The molecule has 0 saturated carbocycles. The quantitative estimate of drug-likeness (QED) is 0.126. The number of nitrogens with zero attached hydrogens (tertiary/aromatic N) is 2. The lowest BCUT2D eigenvalue weighted by Gasteiger charge is -2.26. The van der Waals surface area contributed by atoms with Crippen molar-refractivity contribution in [3.63, 3.8) is 0 Å². The van der Waals surface area contributed by atoms with Gasteiger partial charge in [0.25, 0.3) is 0 Å². The van der Waals surface area contributed by atoms with Crippen molar-refractivity contribution in [1.29, 1.82) is 5.26 Å². The third-order valence-corrected chi connectivity index (χ3v) is 6.74. The molecule has 0 spiro atoms. The summed E-state index contributed by atoms with van der Waals surface area (Å²) < 4.78 is 0. The van der Waals surface area contributed by atoms with Gasteiger partial charge in [0.05, 0.1) is 11.6 Å². The van der Waals surface area contributed by atoms with Crippen LogP contribution in [-0.4, -0.2) is 6.29 Å². The average Bonchev–Trinajstić information content (AvgIpc) is 2.99. The van der Waals surface area contributed by atoms with Gasteiger partial charge in [0.15, 0.2) is 0 Å². The van der Waals surface area contributed by atoms with E-state index in [-0.39, 0.29) is 0 Å². The van der Waals surface area contributed by atoms with Crippen molar-refractivity contribution in [2.45, 2.75) is 13.8 Å². The highest BCUT2D eigenvalue weighted by Gasteiger charge is 2.12. The van der Waals surface area contributed by atoms with Crippen LogP contribution in [0, 0.1) is 25.2 Å². The highest BCUT2D eigenvalue weighted by atomic mass is 16.1. The Labute approximate surface area is 229 Å². The summed E-state index contributed by atoms with van der Waals surface area (Å²) >= 11 is 0. The molecular weight excluding hydrogens is 476 g/mol. The molecule has 0 unspecified atom stereocenters. The first-order valence-electron chi connectivity index (χ1n) is 12.9. The zero-order valence-corrected chi connectivity index (χ0v) is 22.0. The van der Waals surface area contributed by atoms with E-state index in [2.05, 4.69) is 85.5 Å². The fourth-order valence-electron chi connectivity index (χ4n) is 4.50. The Bertz CT molecular complexity index is 1590. The van der Waals surface area contributed by atoms with Crippen molar-refractivity contribution in [3.05, 3.63) is 149 Å². The van der Waals surface area contributed by atoms with Crippen molar-refractivity contribution in [3.8, 4) is 17.2 Å². The van der Waals surface area contributed by atoms with Gasteiger partial charge in [0, 0.05) is 22.6 Å². The molecule has 0 aliphatic heterocycles. The number of rotatable bonds is 7. The van der Waals surface area contributed by atoms with Crippen LogP contribution in [0.3, 0.4) is 0 Å². The lowest BCUT2D eigenvalue weighted by atomic mass is 9.99. The molecule has 0 aliphatic rings. The molecule has 39 heavy (non-hydrogen) atoms. The molecule has 0 saturated heterocycles. The van der Waals surface area contributed by atoms with E-state index < -0.39 is 0 Å². The molecule has 0 radical (unpaired) electrons. The predicted molar refractivity (Wildman–Crippen MR) is 161 cm³/mol. The molecule has 5 aromatic rings. The highest BCUT2D eigenvalue weighted by molar-refractivity contribution is 5.90. The molecule has 188 valence electrons. The summed E-state index contributed by atoms with van der Waals surface area (Å²) in [5, 5.41) is 9.91. The maximum atomic E-state index is 10.9. The fourth-order valence-corrected chi connectivity index (χ4v) is 4.50. The monoisotopic (exact) mass is 504 g/mol. The normalized spacial score (nSPS) is 11.1. The van der Waals surface area contributed by atoms with Crippen LogP contribution < -0.4 is 4.90 Å². The number of aryl methyl sites for hydroxylation is 2. The fraction of sp³-hybridized carbons (Fsp3) is 0.0556. The minimum absolute atomic E-state index is 0.597. The zero-order valence-electron chi connectivity index (χ0n) is 22.0. The van der Waals surface area contributed by atoms with Crippen LogP contribution in [0.2, 0.25) is 0 Å². The van der Waals surface area contributed by atoms with Gasteiger partial charge in [-0.2, -0.15) is 5.26 Å². The lowest BCUT2D eigenvalue weighted by molar-refractivity contribution is 0.112. The maximum absolute atomic E-state index is 10.9. The number of allylic oxidation sites excluding steroid dienone is 1. The Morgan fingerprint density at radius 3 is 1.44 bits per heavy atom. The first-order valence-corrected chi connectivity index (χ1v) is 12.9. The Morgan fingerprint density at radius 2 is 1.00 bits per heavy atom. The summed E-state index contributed by atoms with van der Waals surface area (Å²) in [5.74, 6) is 0. The van der Waals surface area contributed by atoms with E-state index in [4.69, 9.17) is 0 Å². The summed E-state index contributed by atoms with van der Waals surface area (Å²) in [6.07, 6.45) is 2.76. The van der Waals surface area contributed by atoms with Gasteiger partial charge < -0.3 is 4.90 Å².